The summed E-state index contributed by atoms with van der Waals surface area (Å²) >= 11 is 8.37. The van der Waals surface area contributed by atoms with Gasteiger partial charge in [0.1, 0.15) is 39.4 Å². The molecule has 1 aromatic heterocycles. The van der Waals surface area contributed by atoms with Crippen LogP contribution in [0.15, 0.2) is 95.1 Å². The fourth-order valence-electron chi connectivity index (χ4n) is 7.15. The maximum Gasteiger partial charge on any atom is 0.349 e. The van der Waals surface area contributed by atoms with Crippen molar-refractivity contribution in [3.8, 4) is 28.2 Å². The smallest absolute Gasteiger partial charge is 0.349 e. The Kier molecular flexibility index (Phi) is 10.0. The van der Waals surface area contributed by atoms with Crippen LogP contribution in [0.4, 0.5) is 0 Å². The number of likely N-dealkylation sites (tertiary alicyclic amines) is 1. The van der Waals surface area contributed by atoms with E-state index in [4.69, 9.17) is 20.4 Å². The van der Waals surface area contributed by atoms with E-state index >= 15 is 0 Å². The second-order valence-electron chi connectivity index (χ2n) is 13.4. The number of hydrogen-bond acceptors (Lipinski definition) is 13. The molecule has 3 aliphatic heterocycles. The number of halogens is 1. The van der Waals surface area contributed by atoms with Gasteiger partial charge in [0, 0.05) is 50.3 Å². The molecule has 1 saturated heterocycles. The van der Waals surface area contributed by atoms with E-state index in [9.17, 15) is 54.0 Å². The number of aromatic hydroxyl groups is 1. The van der Waals surface area contributed by atoms with Crippen LogP contribution in [0.2, 0.25) is 0 Å². The van der Waals surface area contributed by atoms with Gasteiger partial charge in [-0.1, -0.05) is 12.1 Å². The van der Waals surface area contributed by atoms with Crippen molar-refractivity contribution in [3.05, 3.63) is 114 Å². The third-order valence-corrected chi connectivity index (χ3v) is 12.7. The number of aromatic carboxylic acids is 1. The minimum atomic E-state index is -1.35. The molecule has 1 fully saturated rings. The number of carbonyl (C=O) groups excluding carboxylic acids is 3. The summed E-state index contributed by atoms with van der Waals surface area (Å²) in [6, 6.07) is 14.4. The average molecular weight is 843 g/mol. The maximum atomic E-state index is 13.3. The Hall–Kier alpha value is -6.14. The fraction of sp³-hybridized carbons (Fsp3) is 0.175. The average Bonchev–Trinajstić information content (AvgIpc) is 3.18. The molecule has 58 heavy (non-hydrogen) atoms. The summed E-state index contributed by atoms with van der Waals surface area (Å²) in [7, 11) is 0. The second kappa shape index (κ2) is 15.0. The van der Waals surface area contributed by atoms with E-state index in [1.807, 2.05) is 0 Å². The maximum absolute atomic E-state index is 13.3. The van der Waals surface area contributed by atoms with Gasteiger partial charge in [0.25, 0.3) is 5.91 Å². The molecule has 2 aliphatic carbocycles. The van der Waals surface area contributed by atoms with Crippen molar-refractivity contribution in [3.63, 3.8) is 0 Å². The van der Waals surface area contributed by atoms with Gasteiger partial charge in [-0.15, -0.1) is 35.1 Å². The van der Waals surface area contributed by atoms with E-state index in [0.29, 0.717) is 32.5 Å². The lowest BCUT2D eigenvalue weighted by Crippen LogP contribution is -2.65. The molecule has 4 heterocycles. The number of carbonyl (C=O) groups is 5. The molecule has 294 valence electrons. The number of alkyl halides is 1. The number of thioether (sulfide) groups is 2. The van der Waals surface area contributed by atoms with E-state index in [0.717, 1.165) is 16.7 Å². The number of imide groups is 1. The summed E-state index contributed by atoms with van der Waals surface area (Å²) in [6.45, 7) is -0.681. The zero-order valence-corrected chi connectivity index (χ0v) is 31.9. The third-order valence-electron chi connectivity index (χ3n) is 9.88. The van der Waals surface area contributed by atoms with Crippen LogP contribution in [0.5, 0.6) is 5.75 Å². The highest BCUT2D eigenvalue weighted by Crippen LogP contribution is 2.47. The number of benzene rings is 3. The number of fused-ring (bicyclic) bond motifs is 4. The van der Waals surface area contributed by atoms with Crippen molar-refractivity contribution < 1.29 is 53.2 Å². The predicted octanol–water partition coefficient (Wildman–Crippen LogP) is 2.43. The van der Waals surface area contributed by atoms with Crippen LogP contribution in [0, 0.1) is 5.92 Å². The Bertz CT molecular complexity index is 2900. The highest BCUT2D eigenvalue weighted by atomic mass is 35.5. The number of carboxylic acids is 2. The minimum absolute atomic E-state index is 0.0312. The Balaban J connectivity index is 0.996. The first-order valence-corrected chi connectivity index (χ1v) is 19.8. The number of amides is 3. The van der Waals surface area contributed by atoms with Crippen molar-refractivity contribution in [2.24, 2.45) is 5.92 Å². The Labute approximate surface area is 338 Å². The first-order chi connectivity index (χ1) is 27.7. The summed E-state index contributed by atoms with van der Waals surface area (Å²) in [5.41, 5.74) is -0.130. The summed E-state index contributed by atoms with van der Waals surface area (Å²) in [4.78, 5) is 90.6. The summed E-state index contributed by atoms with van der Waals surface area (Å²) in [5.74, 6) is -5.99. The molecule has 2 aromatic carbocycles. The normalized spacial score (nSPS) is 19.8. The number of aliphatic hydroxyl groups excluding tert-OH is 1. The van der Waals surface area contributed by atoms with Gasteiger partial charge in [-0.2, -0.15) is 0 Å². The fourth-order valence-corrected chi connectivity index (χ4v) is 9.90. The molecule has 15 nitrogen and oxygen atoms in total. The van der Waals surface area contributed by atoms with Crippen LogP contribution in [0.1, 0.15) is 20.7 Å². The zero-order chi connectivity index (χ0) is 41.2. The number of aliphatic hydroxyl groups is 1. The highest BCUT2D eigenvalue weighted by Gasteiger charge is 2.56. The van der Waals surface area contributed by atoms with Crippen molar-refractivity contribution in [2.45, 2.75) is 21.8 Å². The van der Waals surface area contributed by atoms with E-state index in [1.165, 1.54) is 66.4 Å². The molecular weight excluding hydrogens is 816 g/mol. The van der Waals surface area contributed by atoms with Gasteiger partial charge in [0.15, 0.2) is 5.43 Å². The highest BCUT2D eigenvalue weighted by molar-refractivity contribution is 8.01. The van der Waals surface area contributed by atoms with E-state index in [-0.39, 0.29) is 55.8 Å². The van der Waals surface area contributed by atoms with Crippen LogP contribution in [-0.4, -0.2) is 89.9 Å². The zero-order valence-electron chi connectivity index (χ0n) is 29.5. The number of nitrogens with one attached hydrogen (secondary N) is 1. The SMILES string of the molecule is O=C(O)C1=C(CSc2ccc(-c3c4ccc(=O)cc-4oc4cc(O)ccc34)c(C(=O)O)c2)CSC2C1C(=O)N2C(=O)CNC(=O)c1cc2c(oc1=O)=CC(O)C(Cl)C=2. The largest absolute Gasteiger partial charge is 0.508 e. The number of nitrogens with zero attached hydrogens (tertiary/aromatic N) is 1. The Morgan fingerprint density at radius 3 is 2.45 bits per heavy atom. The summed E-state index contributed by atoms with van der Waals surface area (Å²) < 4.78 is 11.0. The van der Waals surface area contributed by atoms with Crippen LogP contribution in [-0.2, 0) is 14.4 Å². The first-order valence-electron chi connectivity index (χ1n) is 17.3. The number of β-lactam (4-membered cyclic amide) rings is 1. The number of phenolic OH excluding ortho intramolecular Hbond substituents is 1. The molecular formula is C40H27ClN2O13S2. The molecule has 5 N–H and O–H groups in total. The number of phenols is 1. The Morgan fingerprint density at radius 2 is 1.69 bits per heavy atom. The topological polar surface area (TPSA) is 242 Å². The second-order valence-corrected chi connectivity index (χ2v) is 16.1. The van der Waals surface area contributed by atoms with Gasteiger partial charge in [0.2, 0.25) is 11.8 Å². The van der Waals surface area contributed by atoms with Crippen molar-refractivity contribution in [2.75, 3.05) is 18.1 Å². The third kappa shape index (κ3) is 6.85. The lowest BCUT2D eigenvalue weighted by molar-refractivity contribution is -0.160. The molecule has 0 bridgehead atoms. The molecule has 5 aliphatic rings. The van der Waals surface area contributed by atoms with Gasteiger partial charge >= 0.3 is 17.6 Å². The molecule has 0 radical (unpaired) electrons. The number of hydrogen-bond donors (Lipinski definition) is 5. The number of aliphatic carboxylic acids is 1. The monoisotopic (exact) mass is 842 g/mol. The molecule has 0 saturated carbocycles. The van der Waals surface area contributed by atoms with Gasteiger partial charge < -0.3 is 34.6 Å². The van der Waals surface area contributed by atoms with E-state index in [1.54, 1.807) is 18.2 Å². The lowest BCUT2D eigenvalue weighted by Gasteiger charge is -2.48. The van der Waals surface area contributed by atoms with Gasteiger partial charge in [0.05, 0.1) is 29.2 Å². The standard InChI is InChI=1S/C40H27ClN2O13S2/c41-26-8-16-7-25(40(54)56-28(16)12-27(26)46)35(48)42-13-31(47)43-36(49)34-32(39(52)53)17(15-58-37(34)43)14-57-20-3-6-21(24(11-20)38(50)51)33-22-4-1-18(44)9-29(22)55-30-10-19(45)2-5-23(30)33/h1-12,26-27,34,37,44,46H,13-15H2,(H,42,48)(H,50,51)(H,52,53). The van der Waals surface area contributed by atoms with Gasteiger partial charge in [-0.05, 0) is 59.7 Å². The summed E-state index contributed by atoms with van der Waals surface area (Å²) in [5, 5.41) is 41.9. The van der Waals surface area contributed by atoms with Crippen LogP contribution < -0.4 is 27.0 Å². The van der Waals surface area contributed by atoms with Gasteiger partial charge in [-0.25, -0.2) is 14.4 Å². The predicted molar refractivity (Wildman–Crippen MR) is 211 cm³/mol. The summed E-state index contributed by atoms with van der Waals surface area (Å²) in [6.07, 6.45) is 1.54. The van der Waals surface area contributed by atoms with Crippen LogP contribution in [0.3, 0.4) is 0 Å². The van der Waals surface area contributed by atoms with E-state index < -0.39 is 70.2 Å². The molecule has 3 amide bonds. The van der Waals surface area contributed by atoms with Crippen molar-refractivity contribution in [1.82, 2.24) is 10.2 Å². The quantitative estimate of drug-likeness (QED) is 0.0620. The minimum Gasteiger partial charge on any atom is -0.508 e. The van der Waals surface area contributed by atoms with Crippen LogP contribution in [0.25, 0.3) is 45.6 Å². The molecule has 4 atom stereocenters. The number of rotatable bonds is 9. The molecule has 4 unspecified atom stereocenters. The molecule has 0 spiro atoms. The first kappa shape index (κ1) is 38.7. The Morgan fingerprint density at radius 1 is 0.914 bits per heavy atom. The van der Waals surface area contributed by atoms with Gasteiger partial charge in [-0.3, -0.25) is 24.1 Å². The van der Waals surface area contributed by atoms with E-state index in [2.05, 4.69) is 5.32 Å². The molecule has 3 aromatic rings. The molecule has 8 rings (SSSR count). The van der Waals surface area contributed by atoms with Crippen LogP contribution >= 0.6 is 35.1 Å². The number of carboxylic acid groups (broad SMARTS) is 2. The van der Waals surface area contributed by atoms with Crippen molar-refractivity contribution >= 4 is 87.9 Å². The molecule has 18 heteroatoms. The lowest BCUT2D eigenvalue weighted by atomic mass is 9.86. The van der Waals surface area contributed by atoms with Crippen molar-refractivity contribution in [1.29, 1.82) is 0 Å².